The van der Waals surface area contributed by atoms with E-state index in [1.807, 2.05) is 13.8 Å². The van der Waals surface area contributed by atoms with Gasteiger partial charge in [-0.2, -0.15) is 13.2 Å². The third-order valence-electron chi connectivity index (χ3n) is 4.16. The molecule has 0 radical (unpaired) electrons. The Kier molecular flexibility index (Phi) is 4.95. The minimum atomic E-state index is -4.84. The van der Waals surface area contributed by atoms with Crippen molar-refractivity contribution >= 4 is 5.69 Å². The zero-order chi connectivity index (χ0) is 18.1. The number of aliphatic hydroxyl groups is 1. The van der Waals surface area contributed by atoms with Crippen molar-refractivity contribution < 1.29 is 18.3 Å². The molecule has 130 valence electrons. The molecule has 0 saturated heterocycles. The Labute approximate surface area is 140 Å². The SMILES string of the molecule is CC(C)c1ccccc1C(O)(c1cccc(N(C)C)c1)C(F)(F)F. The quantitative estimate of drug-likeness (QED) is 0.876. The summed E-state index contributed by atoms with van der Waals surface area (Å²) in [6.07, 6.45) is -4.84. The topological polar surface area (TPSA) is 23.5 Å². The molecule has 0 aliphatic rings. The van der Waals surface area contributed by atoms with Crippen LogP contribution >= 0.6 is 0 Å². The summed E-state index contributed by atoms with van der Waals surface area (Å²) in [4.78, 5) is 1.70. The monoisotopic (exact) mass is 337 g/mol. The number of nitrogens with zero attached hydrogens (tertiary/aromatic N) is 1. The highest BCUT2D eigenvalue weighted by molar-refractivity contribution is 5.52. The molecular weight excluding hydrogens is 315 g/mol. The number of benzene rings is 2. The molecule has 0 spiro atoms. The van der Waals surface area contributed by atoms with E-state index in [1.54, 1.807) is 37.2 Å². The van der Waals surface area contributed by atoms with Gasteiger partial charge in [0.2, 0.25) is 5.60 Å². The Morgan fingerprint density at radius 2 is 1.58 bits per heavy atom. The molecule has 24 heavy (non-hydrogen) atoms. The maximum atomic E-state index is 14.0. The van der Waals surface area contributed by atoms with Crippen LogP contribution < -0.4 is 4.90 Å². The number of rotatable bonds is 4. The Morgan fingerprint density at radius 1 is 0.958 bits per heavy atom. The predicted molar refractivity (Wildman–Crippen MR) is 90.4 cm³/mol. The molecule has 0 aliphatic heterocycles. The van der Waals surface area contributed by atoms with Crippen molar-refractivity contribution in [2.45, 2.75) is 31.5 Å². The maximum Gasteiger partial charge on any atom is 0.425 e. The van der Waals surface area contributed by atoms with E-state index < -0.39 is 11.8 Å². The Hall–Kier alpha value is -2.01. The molecule has 0 bridgehead atoms. The molecule has 2 rings (SSSR count). The summed E-state index contributed by atoms with van der Waals surface area (Å²) in [6, 6.07) is 12.1. The molecule has 0 amide bonds. The maximum absolute atomic E-state index is 14.0. The summed E-state index contributed by atoms with van der Waals surface area (Å²) in [5.41, 5.74) is -2.29. The summed E-state index contributed by atoms with van der Waals surface area (Å²) in [6.45, 7) is 3.62. The highest BCUT2D eigenvalue weighted by atomic mass is 19.4. The van der Waals surface area contributed by atoms with Crippen LogP contribution in [-0.2, 0) is 5.60 Å². The summed E-state index contributed by atoms with van der Waals surface area (Å²) in [7, 11) is 3.49. The van der Waals surface area contributed by atoms with Crippen molar-refractivity contribution in [3.05, 3.63) is 65.2 Å². The lowest BCUT2D eigenvalue weighted by Gasteiger charge is -2.34. The van der Waals surface area contributed by atoms with Crippen molar-refractivity contribution in [3.63, 3.8) is 0 Å². The summed E-state index contributed by atoms with van der Waals surface area (Å²) in [5.74, 6) is -0.146. The first-order valence-electron chi connectivity index (χ1n) is 7.75. The summed E-state index contributed by atoms with van der Waals surface area (Å²) in [5, 5.41) is 10.9. The number of hydrogen-bond acceptors (Lipinski definition) is 2. The van der Waals surface area contributed by atoms with Crippen LogP contribution in [0.1, 0.15) is 36.5 Å². The largest absolute Gasteiger partial charge is 0.425 e. The molecule has 1 N–H and O–H groups in total. The van der Waals surface area contributed by atoms with Gasteiger partial charge in [-0.1, -0.05) is 50.2 Å². The fraction of sp³-hybridized carbons (Fsp3) is 0.368. The van der Waals surface area contributed by atoms with Crippen molar-refractivity contribution in [2.24, 2.45) is 0 Å². The van der Waals surface area contributed by atoms with E-state index in [0.29, 0.717) is 11.3 Å². The first-order chi connectivity index (χ1) is 11.1. The van der Waals surface area contributed by atoms with Gasteiger partial charge in [-0.25, -0.2) is 0 Å². The Morgan fingerprint density at radius 3 is 2.12 bits per heavy atom. The van der Waals surface area contributed by atoms with Crippen LogP contribution in [0.4, 0.5) is 18.9 Å². The average Bonchev–Trinajstić information content (AvgIpc) is 2.53. The highest BCUT2D eigenvalue weighted by Gasteiger charge is 2.57. The fourth-order valence-electron chi connectivity index (χ4n) is 2.81. The minimum Gasteiger partial charge on any atom is -0.378 e. The van der Waals surface area contributed by atoms with Gasteiger partial charge in [0, 0.05) is 25.3 Å². The molecule has 1 atom stereocenters. The van der Waals surface area contributed by atoms with Gasteiger partial charge in [-0.15, -0.1) is 0 Å². The summed E-state index contributed by atoms with van der Waals surface area (Å²) < 4.78 is 42.0. The number of anilines is 1. The summed E-state index contributed by atoms with van der Waals surface area (Å²) >= 11 is 0. The van der Waals surface area contributed by atoms with E-state index in [9.17, 15) is 18.3 Å². The van der Waals surface area contributed by atoms with Crippen molar-refractivity contribution in [1.29, 1.82) is 0 Å². The number of hydrogen-bond donors (Lipinski definition) is 1. The highest BCUT2D eigenvalue weighted by Crippen LogP contribution is 2.47. The van der Waals surface area contributed by atoms with E-state index in [2.05, 4.69) is 0 Å². The first-order valence-corrected chi connectivity index (χ1v) is 7.75. The molecule has 0 saturated carbocycles. The smallest absolute Gasteiger partial charge is 0.378 e. The van der Waals surface area contributed by atoms with E-state index in [1.165, 1.54) is 30.3 Å². The lowest BCUT2D eigenvalue weighted by atomic mass is 9.80. The molecule has 5 heteroatoms. The van der Waals surface area contributed by atoms with E-state index in [4.69, 9.17) is 0 Å². The first kappa shape index (κ1) is 18.3. The standard InChI is InChI=1S/C19H22F3NO/c1-13(2)16-10-5-6-11-17(16)18(24,19(20,21)22)14-8-7-9-15(12-14)23(3)4/h5-13,24H,1-4H3. The Bertz CT molecular complexity index is 710. The normalized spacial score (nSPS) is 14.5. The van der Waals surface area contributed by atoms with Gasteiger partial charge >= 0.3 is 6.18 Å². The lowest BCUT2D eigenvalue weighted by Crippen LogP contribution is -2.44. The average molecular weight is 337 g/mol. The van der Waals surface area contributed by atoms with Crippen molar-refractivity contribution in [1.82, 2.24) is 0 Å². The van der Waals surface area contributed by atoms with Gasteiger partial charge in [0.25, 0.3) is 0 Å². The molecule has 2 nitrogen and oxygen atoms in total. The number of alkyl halides is 3. The van der Waals surface area contributed by atoms with Gasteiger partial charge in [-0.3, -0.25) is 0 Å². The minimum absolute atomic E-state index is 0.122. The van der Waals surface area contributed by atoms with Crippen LogP contribution in [0.5, 0.6) is 0 Å². The van der Waals surface area contributed by atoms with Crippen LogP contribution in [0.2, 0.25) is 0 Å². The second kappa shape index (κ2) is 6.48. The lowest BCUT2D eigenvalue weighted by molar-refractivity contribution is -0.248. The van der Waals surface area contributed by atoms with Crippen LogP contribution in [0, 0.1) is 0 Å². The molecular formula is C19H22F3NO. The number of halogens is 3. The van der Waals surface area contributed by atoms with Crippen molar-refractivity contribution in [2.75, 3.05) is 19.0 Å². The van der Waals surface area contributed by atoms with Gasteiger partial charge < -0.3 is 10.0 Å². The van der Waals surface area contributed by atoms with Crippen LogP contribution in [0.3, 0.4) is 0 Å². The van der Waals surface area contributed by atoms with Crippen LogP contribution in [0.15, 0.2) is 48.5 Å². The zero-order valence-electron chi connectivity index (χ0n) is 14.2. The van der Waals surface area contributed by atoms with Crippen LogP contribution in [-0.4, -0.2) is 25.4 Å². The molecule has 1 unspecified atom stereocenters. The van der Waals surface area contributed by atoms with Gasteiger partial charge in [0.1, 0.15) is 0 Å². The molecule has 0 aromatic heterocycles. The molecule has 2 aromatic rings. The van der Waals surface area contributed by atoms with E-state index in [0.717, 1.165) is 0 Å². The second-order valence-electron chi connectivity index (χ2n) is 6.39. The van der Waals surface area contributed by atoms with Gasteiger partial charge in [-0.05, 0) is 29.2 Å². The zero-order valence-corrected chi connectivity index (χ0v) is 14.2. The Balaban J connectivity index is 2.76. The van der Waals surface area contributed by atoms with Gasteiger partial charge in [0.15, 0.2) is 0 Å². The molecule has 2 aromatic carbocycles. The van der Waals surface area contributed by atoms with E-state index >= 15 is 0 Å². The van der Waals surface area contributed by atoms with Crippen LogP contribution in [0.25, 0.3) is 0 Å². The van der Waals surface area contributed by atoms with E-state index in [-0.39, 0.29) is 17.0 Å². The third kappa shape index (κ3) is 3.13. The molecule has 0 fully saturated rings. The van der Waals surface area contributed by atoms with Crippen molar-refractivity contribution in [3.8, 4) is 0 Å². The third-order valence-corrected chi connectivity index (χ3v) is 4.16. The predicted octanol–water partition coefficient (Wildman–Crippen LogP) is 4.67. The second-order valence-corrected chi connectivity index (χ2v) is 6.39. The fourth-order valence-corrected chi connectivity index (χ4v) is 2.81. The molecule has 0 aliphatic carbocycles. The molecule has 0 heterocycles. The van der Waals surface area contributed by atoms with Gasteiger partial charge in [0.05, 0.1) is 0 Å².